The van der Waals surface area contributed by atoms with Gasteiger partial charge in [0.1, 0.15) is 25.8 Å². The van der Waals surface area contributed by atoms with E-state index in [2.05, 4.69) is 5.32 Å². The summed E-state index contributed by atoms with van der Waals surface area (Å²) in [6.45, 7) is 5.67. The normalized spacial score (nSPS) is 14.0. The summed E-state index contributed by atoms with van der Waals surface area (Å²) in [4.78, 5) is 29.1. The Morgan fingerprint density at radius 3 is 2.28 bits per heavy atom. The summed E-state index contributed by atoms with van der Waals surface area (Å²) >= 11 is 12.6. The molecule has 2 amide bonds. The summed E-state index contributed by atoms with van der Waals surface area (Å²) in [5.74, 6) is -0.0857. The lowest BCUT2D eigenvalue weighted by molar-refractivity contribution is -0.140. The number of sulfonamides is 1. The zero-order valence-corrected chi connectivity index (χ0v) is 26.6. The second-order valence-corrected chi connectivity index (χ2v) is 12.9. The zero-order chi connectivity index (χ0) is 31.1. The fourth-order valence-corrected chi connectivity index (χ4v) is 6.52. The van der Waals surface area contributed by atoms with Crippen LogP contribution in [0.15, 0.2) is 71.6 Å². The van der Waals surface area contributed by atoms with Gasteiger partial charge in [-0.2, -0.15) is 0 Å². The van der Waals surface area contributed by atoms with E-state index in [1.165, 1.54) is 23.1 Å². The predicted octanol–water partition coefficient (Wildman–Crippen LogP) is 5.68. The second kappa shape index (κ2) is 14.3. The van der Waals surface area contributed by atoms with Gasteiger partial charge in [-0.1, -0.05) is 61.3 Å². The predicted molar refractivity (Wildman–Crippen MR) is 167 cm³/mol. The van der Waals surface area contributed by atoms with Crippen LogP contribution < -0.4 is 19.1 Å². The molecule has 4 rings (SSSR count). The van der Waals surface area contributed by atoms with Crippen LogP contribution in [-0.4, -0.2) is 57.0 Å². The Hall–Kier alpha value is -3.47. The summed E-state index contributed by atoms with van der Waals surface area (Å²) in [7, 11) is -4.23. The Morgan fingerprint density at radius 1 is 0.930 bits per heavy atom. The number of carbonyl (C=O) groups is 2. The molecule has 0 saturated carbocycles. The van der Waals surface area contributed by atoms with Crippen LogP contribution in [-0.2, 0) is 26.2 Å². The fraction of sp³-hybridized carbons (Fsp3) is 0.355. The van der Waals surface area contributed by atoms with E-state index in [4.69, 9.17) is 32.7 Å². The van der Waals surface area contributed by atoms with Gasteiger partial charge in [0.15, 0.2) is 11.5 Å². The van der Waals surface area contributed by atoms with Crippen LogP contribution in [0.1, 0.15) is 39.2 Å². The van der Waals surface area contributed by atoms with Gasteiger partial charge in [-0.25, -0.2) is 8.42 Å². The molecule has 0 aliphatic carbocycles. The van der Waals surface area contributed by atoms with E-state index < -0.39 is 28.5 Å². The van der Waals surface area contributed by atoms with Crippen molar-refractivity contribution < 1.29 is 27.5 Å². The monoisotopic (exact) mass is 647 g/mol. The van der Waals surface area contributed by atoms with E-state index >= 15 is 0 Å². The third-order valence-corrected chi connectivity index (χ3v) is 9.54. The molecule has 3 aromatic carbocycles. The molecule has 3 aromatic rings. The van der Waals surface area contributed by atoms with Crippen molar-refractivity contribution in [2.45, 2.75) is 57.1 Å². The number of nitrogens with one attached hydrogen (secondary N) is 1. The van der Waals surface area contributed by atoms with Crippen LogP contribution in [0.5, 0.6) is 11.5 Å². The number of fused-ring (bicyclic) bond motifs is 1. The number of benzene rings is 3. The Morgan fingerprint density at radius 2 is 1.63 bits per heavy atom. The molecule has 230 valence electrons. The van der Waals surface area contributed by atoms with Gasteiger partial charge in [0, 0.05) is 28.7 Å². The van der Waals surface area contributed by atoms with Crippen LogP contribution in [0.25, 0.3) is 0 Å². The number of nitrogens with zero attached hydrogens (tertiary/aromatic N) is 2. The van der Waals surface area contributed by atoms with Gasteiger partial charge < -0.3 is 19.7 Å². The summed E-state index contributed by atoms with van der Waals surface area (Å²) < 4.78 is 40.4. The molecule has 2 atom stereocenters. The maximum absolute atomic E-state index is 14.3. The van der Waals surface area contributed by atoms with E-state index in [0.717, 1.165) is 4.31 Å². The minimum absolute atomic E-state index is 0.00606. The molecule has 12 heteroatoms. The molecule has 0 aromatic heterocycles. The van der Waals surface area contributed by atoms with E-state index in [-0.39, 0.29) is 35.5 Å². The molecule has 1 aliphatic rings. The van der Waals surface area contributed by atoms with Gasteiger partial charge in [-0.05, 0) is 61.7 Å². The zero-order valence-electron chi connectivity index (χ0n) is 24.3. The molecular weight excluding hydrogens is 613 g/mol. The van der Waals surface area contributed by atoms with Crippen molar-refractivity contribution in [2.24, 2.45) is 0 Å². The van der Waals surface area contributed by atoms with Crippen molar-refractivity contribution in [3.8, 4) is 11.5 Å². The van der Waals surface area contributed by atoms with Crippen LogP contribution in [0.2, 0.25) is 10.0 Å². The third-order valence-electron chi connectivity index (χ3n) is 7.17. The highest BCUT2D eigenvalue weighted by Crippen LogP contribution is 2.36. The van der Waals surface area contributed by atoms with E-state index in [1.54, 1.807) is 55.5 Å². The largest absolute Gasteiger partial charge is 0.486 e. The van der Waals surface area contributed by atoms with Gasteiger partial charge in [-0.15, -0.1) is 0 Å². The molecular formula is C31H35Cl2N3O6S. The highest BCUT2D eigenvalue weighted by molar-refractivity contribution is 7.92. The number of rotatable bonds is 12. The van der Waals surface area contributed by atoms with Gasteiger partial charge >= 0.3 is 0 Å². The molecule has 9 nitrogen and oxygen atoms in total. The molecule has 1 aliphatic heterocycles. The van der Waals surface area contributed by atoms with Crippen LogP contribution in [0.4, 0.5) is 5.69 Å². The first kappa shape index (κ1) is 32.4. The average Bonchev–Trinajstić information content (AvgIpc) is 3.00. The van der Waals surface area contributed by atoms with Gasteiger partial charge in [-0.3, -0.25) is 13.9 Å². The molecule has 0 spiro atoms. The first-order valence-corrected chi connectivity index (χ1v) is 16.3. The molecule has 0 fully saturated rings. The third kappa shape index (κ3) is 7.74. The molecule has 1 N–H and O–H groups in total. The summed E-state index contributed by atoms with van der Waals surface area (Å²) in [6, 6.07) is 16.4. The van der Waals surface area contributed by atoms with E-state index in [9.17, 15) is 18.0 Å². The number of hydrogen-bond acceptors (Lipinski definition) is 6. The van der Waals surface area contributed by atoms with Gasteiger partial charge in [0.05, 0.1) is 10.6 Å². The van der Waals surface area contributed by atoms with Crippen LogP contribution in [0.3, 0.4) is 0 Å². The Bertz CT molecular complexity index is 1550. The Labute approximate surface area is 262 Å². The summed E-state index contributed by atoms with van der Waals surface area (Å²) in [5.41, 5.74) is 0.772. The molecule has 0 radical (unpaired) electrons. The number of halogens is 2. The summed E-state index contributed by atoms with van der Waals surface area (Å²) in [6.07, 6.45) is 0.987. The van der Waals surface area contributed by atoms with Gasteiger partial charge in [0.25, 0.3) is 10.0 Å². The number of anilines is 1. The lowest BCUT2D eigenvalue weighted by Gasteiger charge is -2.34. The van der Waals surface area contributed by atoms with E-state index in [1.807, 2.05) is 13.8 Å². The second-order valence-electron chi connectivity index (χ2n) is 10.2. The first-order chi connectivity index (χ1) is 20.5. The lowest BCUT2D eigenvalue weighted by Crippen LogP contribution is -2.53. The van der Waals surface area contributed by atoms with Gasteiger partial charge in [0.2, 0.25) is 11.8 Å². The standard InChI is InChI=1S/C31H35Cl2N3O6S/c1-4-21(3)34-31(38)27(5-2)35(19-22-11-12-23(32)17-26(22)33)30(37)20-36(43(39,40)25-9-7-6-8-10-25)24-13-14-28-29(18-24)42-16-15-41-28/h6-14,17-18,21,27H,4-5,15-16,19-20H2,1-3H3,(H,34,38). The smallest absolute Gasteiger partial charge is 0.264 e. The minimum Gasteiger partial charge on any atom is -0.486 e. The highest BCUT2D eigenvalue weighted by Gasteiger charge is 2.34. The lowest BCUT2D eigenvalue weighted by atomic mass is 10.1. The SMILES string of the molecule is CCC(C)NC(=O)C(CC)N(Cc1ccc(Cl)cc1Cl)C(=O)CN(c1ccc2c(c1)OCCO2)S(=O)(=O)c1ccccc1. The Balaban J connectivity index is 1.77. The number of ether oxygens (including phenoxy) is 2. The van der Waals surface area contributed by atoms with Crippen molar-refractivity contribution in [2.75, 3.05) is 24.1 Å². The van der Waals surface area contributed by atoms with Crippen molar-refractivity contribution in [1.29, 1.82) is 0 Å². The van der Waals surface area contributed by atoms with Crippen molar-refractivity contribution in [3.63, 3.8) is 0 Å². The maximum Gasteiger partial charge on any atom is 0.264 e. The van der Waals surface area contributed by atoms with Crippen LogP contribution in [0, 0.1) is 0 Å². The van der Waals surface area contributed by atoms with Crippen molar-refractivity contribution in [3.05, 3.63) is 82.3 Å². The number of carbonyl (C=O) groups excluding carboxylic acids is 2. The van der Waals surface area contributed by atoms with E-state index in [0.29, 0.717) is 46.7 Å². The molecule has 0 saturated heterocycles. The molecule has 0 bridgehead atoms. The number of amides is 2. The molecule has 2 unspecified atom stereocenters. The summed E-state index contributed by atoms with van der Waals surface area (Å²) in [5, 5.41) is 3.70. The topological polar surface area (TPSA) is 105 Å². The van der Waals surface area contributed by atoms with Crippen molar-refractivity contribution in [1.82, 2.24) is 10.2 Å². The van der Waals surface area contributed by atoms with Crippen LogP contribution >= 0.6 is 23.2 Å². The minimum atomic E-state index is -4.23. The fourth-order valence-electron chi connectivity index (χ4n) is 4.63. The Kier molecular flexibility index (Phi) is 10.8. The maximum atomic E-state index is 14.3. The quantitative estimate of drug-likeness (QED) is 0.271. The molecule has 43 heavy (non-hydrogen) atoms. The number of hydrogen-bond donors (Lipinski definition) is 1. The average molecular weight is 649 g/mol. The first-order valence-electron chi connectivity index (χ1n) is 14.1. The van der Waals surface area contributed by atoms with Crippen molar-refractivity contribution >= 4 is 50.7 Å². The molecule has 1 heterocycles. The highest BCUT2D eigenvalue weighted by atomic mass is 35.5.